The summed E-state index contributed by atoms with van der Waals surface area (Å²) in [5.41, 5.74) is 6.19. The molecule has 0 spiro atoms. The summed E-state index contributed by atoms with van der Waals surface area (Å²) < 4.78 is 37.7. The van der Waals surface area contributed by atoms with Gasteiger partial charge in [-0.15, -0.1) is 11.3 Å². The lowest BCUT2D eigenvalue weighted by Gasteiger charge is -2.36. The number of halogens is 4. The van der Waals surface area contributed by atoms with E-state index in [1.165, 1.54) is 0 Å². The third-order valence-electron chi connectivity index (χ3n) is 4.01. The quantitative estimate of drug-likeness (QED) is 0.630. The van der Waals surface area contributed by atoms with Gasteiger partial charge in [0.2, 0.25) is 0 Å². The molecule has 3 rings (SSSR count). The van der Waals surface area contributed by atoms with Crippen molar-refractivity contribution in [3.8, 4) is 0 Å². The zero-order valence-corrected chi connectivity index (χ0v) is 15.3. The van der Waals surface area contributed by atoms with Crippen LogP contribution in [0.3, 0.4) is 0 Å². The van der Waals surface area contributed by atoms with E-state index >= 15 is 0 Å². The molecule has 1 aliphatic heterocycles. The third-order valence-corrected chi connectivity index (χ3v) is 5.10. The van der Waals surface area contributed by atoms with E-state index in [2.05, 4.69) is 14.9 Å². The largest absolute Gasteiger partial charge is 0.434 e. The lowest BCUT2D eigenvalue weighted by atomic mass is 10.2. The number of aromatic nitrogens is 1. The van der Waals surface area contributed by atoms with E-state index < -0.39 is 11.9 Å². The van der Waals surface area contributed by atoms with Crippen molar-refractivity contribution in [1.29, 1.82) is 0 Å². The SMILES string of the molecule is NC(=NCc1nc(C(F)(F)F)cs1)N1CCN(c2ccc(Cl)cc2)CC1. The highest BCUT2D eigenvalue weighted by molar-refractivity contribution is 7.09. The third kappa shape index (κ3) is 4.59. The first-order chi connectivity index (χ1) is 12.3. The lowest BCUT2D eigenvalue weighted by molar-refractivity contribution is -0.140. The topological polar surface area (TPSA) is 57.8 Å². The molecule has 140 valence electrons. The van der Waals surface area contributed by atoms with Crippen LogP contribution in [0.25, 0.3) is 0 Å². The molecule has 2 heterocycles. The molecule has 1 aromatic carbocycles. The van der Waals surface area contributed by atoms with Crippen molar-refractivity contribution in [3.63, 3.8) is 0 Å². The van der Waals surface area contributed by atoms with Gasteiger partial charge in [0.25, 0.3) is 0 Å². The summed E-state index contributed by atoms with van der Waals surface area (Å²) in [7, 11) is 0. The Bertz CT molecular complexity index is 767. The van der Waals surface area contributed by atoms with Crippen molar-refractivity contribution >= 4 is 34.6 Å². The molecule has 1 aromatic heterocycles. The fourth-order valence-corrected chi connectivity index (χ4v) is 3.46. The second-order valence-electron chi connectivity index (χ2n) is 5.75. The number of nitrogens with zero attached hydrogens (tertiary/aromatic N) is 4. The number of alkyl halides is 3. The molecule has 2 N–H and O–H groups in total. The van der Waals surface area contributed by atoms with E-state index in [9.17, 15) is 13.2 Å². The average Bonchev–Trinajstić information content (AvgIpc) is 3.10. The first kappa shape index (κ1) is 18.8. The fraction of sp³-hybridized carbons (Fsp3) is 0.375. The van der Waals surface area contributed by atoms with Gasteiger partial charge < -0.3 is 15.5 Å². The number of thiazole rings is 1. The Kier molecular flexibility index (Phi) is 5.57. The summed E-state index contributed by atoms with van der Waals surface area (Å²) in [6, 6.07) is 7.64. The fourth-order valence-electron chi connectivity index (χ4n) is 2.61. The van der Waals surface area contributed by atoms with Gasteiger partial charge >= 0.3 is 6.18 Å². The Labute approximate surface area is 157 Å². The minimum absolute atomic E-state index is 0.0456. The van der Waals surface area contributed by atoms with Crippen LogP contribution >= 0.6 is 22.9 Å². The van der Waals surface area contributed by atoms with Gasteiger partial charge in [0.15, 0.2) is 11.7 Å². The number of rotatable bonds is 3. The van der Waals surface area contributed by atoms with Gasteiger partial charge in [-0.3, -0.25) is 0 Å². The molecule has 0 saturated carbocycles. The van der Waals surface area contributed by atoms with Gasteiger partial charge in [-0.25, -0.2) is 9.98 Å². The number of aliphatic imine (C=N–C) groups is 1. The van der Waals surface area contributed by atoms with Crippen LogP contribution in [0.1, 0.15) is 10.7 Å². The summed E-state index contributed by atoms with van der Waals surface area (Å²) in [6.07, 6.45) is -4.43. The monoisotopic (exact) mass is 403 g/mol. The van der Waals surface area contributed by atoms with Crippen LogP contribution in [0.4, 0.5) is 18.9 Å². The predicted molar refractivity (Wildman–Crippen MR) is 97.7 cm³/mol. The molecule has 0 aliphatic carbocycles. The number of hydrogen-bond donors (Lipinski definition) is 1. The van der Waals surface area contributed by atoms with Crippen LogP contribution in [-0.2, 0) is 12.7 Å². The van der Waals surface area contributed by atoms with Gasteiger partial charge in [-0.1, -0.05) is 11.6 Å². The van der Waals surface area contributed by atoms with Crippen LogP contribution < -0.4 is 10.6 Å². The van der Waals surface area contributed by atoms with Crippen LogP contribution in [-0.4, -0.2) is 42.0 Å². The predicted octanol–water partition coefficient (Wildman–Crippen LogP) is 3.45. The maximum absolute atomic E-state index is 12.6. The van der Waals surface area contributed by atoms with Crippen LogP contribution in [0.5, 0.6) is 0 Å². The van der Waals surface area contributed by atoms with E-state index in [1.807, 2.05) is 29.2 Å². The molecule has 1 saturated heterocycles. The van der Waals surface area contributed by atoms with Crippen molar-refractivity contribution in [2.75, 3.05) is 31.1 Å². The van der Waals surface area contributed by atoms with E-state index in [1.54, 1.807) is 0 Å². The highest BCUT2D eigenvalue weighted by Gasteiger charge is 2.33. The molecular formula is C16H17ClF3N5S. The standard InChI is InChI=1S/C16H17ClF3N5S/c17-11-1-3-12(4-2-11)24-5-7-25(8-6-24)15(21)22-9-14-23-13(10-26-14)16(18,19)20/h1-4,10H,5-9H2,(H2,21,22). The molecular weight excluding hydrogens is 387 g/mol. The molecule has 1 fully saturated rings. The molecule has 10 heteroatoms. The second kappa shape index (κ2) is 7.71. The summed E-state index contributed by atoms with van der Waals surface area (Å²) in [6.45, 7) is 2.96. The number of nitrogens with two attached hydrogens (primary N) is 1. The Morgan fingerprint density at radius 2 is 1.85 bits per heavy atom. The lowest BCUT2D eigenvalue weighted by Crippen LogP contribution is -2.51. The van der Waals surface area contributed by atoms with Crippen LogP contribution in [0.15, 0.2) is 34.6 Å². The number of guanidine groups is 1. The van der Waals surface area contributed by atoms with Crippen molar-refractivity contribution in [3.05, 3.63) is 45.4 Å². The van der Waals surface area contributed by atoms with Crippen LogP contribution in [0, 0.1) is 0 Å². The van der Waals surface area contributed by atoms with Crippen LogP contribution in [0.2, 0.25) is 5.02 Å². The maximum Gasteiger partial charge on any atom is 0.434 e. The molecule has 0 atom stereocenters. The summed E-state index contributed by atoms with van der Waals surface area (Å²) in [5.74, 6) is 0.324. The number of anilines is 1. The normalized spacial score (nSPS) is 16.2. The smallest absolute Gasteiger partial charge is 0.370 e. The minimum Gasteiger partial charge on any atom is -0.370 e. The zero-order chi connectivity index (χ0) is 18.7. The molecule has 5 nitrogen and oxygen atoms in total. The maximum atomic E-state index is 12.6. The molecule has 0 bridgehead atoms. The van der Waals surface area contributed by atoms with Gasteiger partial charge in [0.1, 0.15) is 5.01 Å². The van der Waals surface area contributed by atoms with Gasteiger partial charge in [-0.2, -0.15) is 13.2 Å². The van der Waals surface area contributed by atoms with Crippen molar-refractivity contribution in [2.24, 2.45) is 10.7 Å². The van der Waals surface area contributed by atoms with Crippen molar-refractivity contribution in [2.45, 2.75) is 12.7 Å². The Morgan fingerprint density at radius 1 is 1.19 bits per heavy atom. The van der Waals surface area contributed by atoms with Gasteiger partial charge in [-0.05, 0) is 24.3 Å². The second-order valence-corrected chi connectivity index (χ2v) is 7.13. The molecule has 2 aromatic rings. The van der Waals surface area contributed by atoms with E-state index in [4.69, 9.17) is 17.3 Å². The van der Waals surface area contributed by atoms with Crippen molar-refractivity contribution in [1.82, 2.24) is 9.88 Å². The number of hydrogen-bond acceptors (Lipinski definition) is 4. The zero-order valence-electron chi connectivity index (χ0n) is 13.7. The number of piperazine rings is 1. The molecule has 0 radical (unpaired) electrons. The van der Waals surface area contributed by atoms with Gasteiger partial charge in [0, 0.05) is 42.3 Å². The molecule has 0 unspecified atom stereocenters. The van der Waals surface area contributed by atoms with E-state index in [0.717, 1.165) is 35.5 Å². The molecule has 1 aliphatic rings. The molecule has 0 amide bonds. The Morgan fingerprint density at radius 3 is 2.42 bits per heavy atom. The summed E-state index contributed by atoms with van der Waals surface area (Å²) in [5, 5.41) is 1.98. The highest BCUT2D eigenvalue weighted by Crippen LogP contribution is 2.30. The molecule has 26 heavy (non-hydrogen) atoms. The highest BCUT2D eigenvalue weighted by atomic mass is 35.5. The first-order valence-corrected chi connectivity index (χ1v) is 9.15. The van der Waals surface area contributed by atoms with E-state index in [0.29, 0.717) is 29.1 Å². The van der Waals surface area contributed by atoms with Crippen molar-refractivity contribution < 1.29 is 13.2 Å². The minimum atomic E-state index is -4.43. The first-order valence-electron chi connectivity index (χ1n) is 7.90. The van der Waals surface area contributed by atoms with E-state index in [-0.39, 0.29) is 6.54 Å². The summed E-state index contributed by atoms with van der Waals surface area (Å²) in [4.78, 5) is 11.9. The number of benzene rings is 1. The summed E-state index contributed by atoms with van der Waals surface area (Å²) >= 11 is 6.83. The Balaban J connectivity index is 1.54. The average molecular weight is 404 g/mol. The van der Waals surface area contributed by atoms with Gasteiger partial charge in [0.05, 0.1) is 6.54 Å². The Hall–Kier alpha value is -2.00.